The van der Waals surface area contributed by atoms with E-state index in [0.717, 1.165) is 20.0 Å². The minimum Gasteiger partial charge on any atom is -0.453 e. The minimum atomic E-state index is -4.70. The van der Waals surface area contributed by atoms with Gasteiger partial charge in [0.25, 0.3) is 5.91 Å². The van der Waals surface area contributed by atoms with E-state index in [0.29, 0.717) is 17.0 Å². The number of imidazole rings is 1. The first-order chi connectivity index (χ1) is 21.8. The molecule has 3 N–H and O–H groups in total. The number of fused-ring (bicyclic) bond motifs is 1. The Morgan fingerprint density at radius 1 is 1.20 bits per heavy atom. The summed E-state index contributed by atoms with van der Waals surface area (Å²) >= 11 is 0. The predicted octanol–water partition coefficient (Wildman–Crippen LogP) is 3.62. The first kappa shape index (κ1) is 31.6. The van der Waals surface area contributed by atoms with Gasteiger partial charge >= 0.3 is 12.3 Å². The van der Waals surface area contributed by atoms with Crippen molar-refractivity contribution in [2.45, 2.75) is 81.5 Å². The van der Waals surface area contributed by atoms with Crippen molar-refractivity contribution in [1.29, 1.82) is 0 Å². The summed E-state index contributed by atoms with van der Waals surface area (Å²) < 4.78 is 79.6. The smallest absolute Gasteiger partial charge is 0.408 e. The number of amides is 3. The highest BCUT2D eigenvalue weighted by molar-refractivity contribution is 5.93. The van der Waals surface area contributed by atoms with Gasteiger partial charge in [0.05, 0.1) is 36.7 Å². The van der Waals surface area contributed by atoms with Crippen LogP contribution in [0.15, 0.2) is 23.1 Å². The Kier molecular flexibility index (Phi) is 8.08. The highest BCUT2D eigenvalue weighted by Crippen LogP contribution is 2.43. The number of halogens is 5. The zero-order valence-corrected chi connectivity index (χ0v) is 24.6. The molecule has 46 heavy (non-hydrogen) atoms. The van der Waals surface area contributed by atoms with Crippen molar-refractivity contribution in [3.05, 3.63) is 41.1 Å². The quantitative estimate of drug-likeness (QED) is 0.292. The Labute approximate surface area is 258 Å². The molecule has 6 rings (SSSR count). The normalized spacial score (nSPS) is 24.0. The van der Waals surface area contributed by atoms with E-state index in [4.69, 9.17) is 4.63 Å². The highest BCUT2D eigenvalue weighted by atomic mass is 19.4. The number of rotatable bonds is 9. The van der Waals surface area contributed by atoms with Gasteiger partial charge in [0.15, 0.2) is 11.3 Å². The lowest BCUT2D eigenvalue weighted by atomic mass is 9.79. The number of aromatic nitrogens is 5. The molecule has 13 nitrogen and oxygen atoms in total. The molecule has 2 aliphatic carbocycles. The average Bonchev–Trinajstić information content (AvgIpc) is 3.41. The van der Waals surface area contributed by atoms with Crippen LogP contribution in [0.1, 0.15) is 84.3 Å². The van der Waals surface area contributed by atoms with Gasteiger partial charge in [-0.25, -0.2) is 27.7 Å². The van der Waals surface area contributed by atoms with Crippen LogP contribution < -0.4 is 16.0 Å². The number of nitrogens with zero attached hydrogens (tertiary/aromatic N) is 5. The predicted molar refractivity (Wildman–Crippen MR) is 146 cm³/mol. The maximum atomic E-state index is 14.1. The fourth-order valence-electron chi connectivity index (χ4n) is 6.31. The molecule has 3 aliphatic rings. The Balaban J connectivity index is 1.28. The van der Waals surface area contributed by atoms with E-state index in [1.165, 1.54) is 23.0 Å². The Hall–Kier alpha value is -4.38. The van der Waals surface area contributed by atoms with Gasteiger partial charge in [0.2, 0.25) is 11.8 Å². The van der Waals surface area contributed by atoms with Crippen LogP contribution in [0.25, 0.3) is 5.65 Å². The van der Waals surface area contributed by atoms with Gasteiger partial charge in [-0.05, 0) is 61.2 Å². The van der Waals surface area contributed by atoms with Crippen LogP contribution in [-0.4, -0.2) is 74.6 Å². The van der Waals surface area contributed by atoms with Gasteiger partial charge in [-0.1, -0.05) is 5.16 Å². The van der Waals surface area contributed by atoms with Crippen molar-refractivity contribution < 1.29 is 45.7 Å². The lowest BCUT2D eigenvalue weighted by Gasteiger charge is -2.33. The van der Waals surface area contributed by atoms with Gasteiger partial charge in [0.1, 0.15) is 11.7 Å². The van der Waals surface area contributed by atoms with Gasteiger partial charge < -0.3 is 20.7 Å². The largest absolute Gasteiger partial charge is 0.453 e. The number of methoxy groups -OCH3 is 1. The number of carbonyl (C=O) groups excluding carboxylic acids is 3. The van der Waals surface area contributed by atoms with Crippen molar-refractivity contribution in [3.63, 3.8) is 0 Å². The SMILES string of the molecule is COC(=O)NC[C@]1(Cc2cnn3cc([C@@H](NC(=O)c4nonc4C4CC4)C4CCC(F)(F)CC4)nc3c2)C[C@@H](C(F)(F)F)NC1=O. The van der Waals surface area contributed by atoms with Crippen LogP contribution in [0.2, 0.25) is 0 Å². The monoisotopic (exact) mass is 654 g/mol. The van der Waals surface area contributed by atoms with E-state index in [9.17, 15) is 36.3 Å². The van der Waals surface area contributed by atoms with Crippen LogP contribution in [0, 0.1) is 11.3 Å². The second-order valence-electron chi connectivity index (χ2n) is 12.3. The third kappa shape index (κ3) is 6.46. The number of alkyl carbamates (subject to hydrolysis) is 1. The molecule has 1 aliphatic heterocycles. The minimum absolute atomic E-state index is 0.0238. The van der Waals surface area contributed by atoms with E-state index >= 15 is 0 Å². The molecule has 248 valence electrons. The molecule has 0 spiro atoms. The summed E-state index contributed by atoms with van der Waals surface area (Å²) in [5, 5.41) is 19.2. The Morgan fingerprint density at radius 2 is 1.93 bits per heavy atom. The van der Waals surface area contributed by atoms with E-state index in [1.54, 1.807) is 0 Å². The maximum Gasteiger partial charge on any atom is 0.408 e. The standard InChI is InChI=1S/C28H31F5N8O5/c1-45-25(44)34-13-26(10-18(28(31,32)33)37-24(26)43)9-14-8-19-36-17(12-41(19)35-11-14)20(16-4-6-27(29,30)7-5-16)38-23(42)22-21(15-2-3-15)39-46-40-22/h8,11-12,15-16,18,20H,2-7,9-10,13H2,1H3,(H,34,44)(H,37,43)(H,38,42)/t18-,20-,26-/m0/s1. The van der Waals surface area contributed by atoms with Crippen LogP contribution in [0.4, 0.5) is 26.7 Å². The number of alkyl halides is 5. The highest BCUT2D eigenvalue weighted by Gasteiger charge is 2.55. The van der Waals surface area contributed by atoms with E-state index in [2.05, 4.69) is 35.8 Å². The number of nitrogens with one attached hydrogen (secondary N) is 3. The first-order valence-corrected chi connectivity index (χ1v) is 14.8. The van der Waals surface area contributed by atoms with Crippen molar-refractivity contribution >= 4 is 23.6 Å². The topological polar surface area (TPSA) is 166 Å². The molecule has 3 aromatic rings. The zero-order chi connectivity index (χ0) is 32.9. The summed E-state index contributed by atoms with van der Waals surface area (Å²) in [7, 11) is 1.09. The fraction of sp³-hybridized carbons (Fsp3) is 0.607. The second-order valence-corrected chi connectivity index (χ2v) is 12.3. The molecule has 3 aromatic heterocycles. The molecule has 18 heteroatoms. The van der Waals surface area contributed by atoms with Crippen LogP contribution in [-0.2, 0) is 16.0 Å². The van der Waals surface area contributed by atoms with Gasteiger partial charge in [-0.3, -0.25) is 9.59 Å². The van der Waals surface area contributed by atoms with Crippen LogP contribution in [0.5, 0.6) is 0 Å². The molecule has 1 saturated heterocycles. The number of ether oxygens (including phenoxy) is 1. The van der Waals surface area contributed by atoms with E-state index in [1.807, 2.05) is 5.32 Å². The summed E-state index contributed by atoms with van der Waals surface area (Å²) in [5.74, 6) is -4.61. The molecule has 0 radical (unpaired) electrons. The number of carbonyl (C=O) groups is 3. The molecular formula is C28H31F5N8O5. The second kappa shape index (κ2) is 11.8. The summed E-state index contributed by atoms with van der Waals surface area (Å²) in [6, 6.07) is -1.38. The average molecular weight is 655 g/mol. The molecule has 3 amide bonds. The molecule has 4 heterocycles. The van der Waals surface area contributed by atoms with Gasteiger partial charge in [-0.2, -0.15) is 18.3 Å². The molecule has 3 fully saturated rings. The van der Waals surface area contributed by atoms with Crippen molar-refractivity contribution in [2.24, 2.45) is 11.3 Å². The molecule has 0 aromatic carbocycles. The summed E-state index contributed by atoms with van der Waals surface area (Å²) in [6.07, 6.45) is -2.37. The molecule has 0 unspecified atom stereocenters. The van der Waals surface area contributed by atoms with Crippen LogP contribution in [0.3, 0.4) is 0 Å². The fourth-order valence-corrected chi connectivity index (χ4v) is 6.31. The summed E-state index contributed by atoms with van der Waals surface area (Å²) in [6.45, 7) is -0.427. The van der Waals surface area contributed by atoms with Gasteiger partial charge in [-0.15, -0.1) is 0 Å². The number of hydrogen-bond acceptors (Lipinski definition) is 9. The van der Waals surface area contributed by atoms with E-state index < -0.39 is 66.4 Å². The van der Waals surface area contributed by atoms with Crippen molar-refractivity contribution in [3.8, 4) is 0 Å². The van der Waals surface area contributed by atoms with Crippen molar-refractivity contribution in [1.82, 2.24) is 40.9 Å². The molecular weight excluding hydrogens is 623 g/mol. The third-order valence-corrected chi connectivity index (χ3v) is 9.00. The van der Waals surface area contributed by atoms with E-state index in [-0.39, 0.29) is 49.4 Å². The third-order valence-electron chi connectivity index (χ3n) is 9.00. The number of hydrogen-bond donors (Lipinski definition) is 3. The zero-order valence-electron chi connectivity index (χ0n) is 24.6. The van der Waals surface area contributed by atoms with Crippen molar-refractivity contribution in [2.75, 3.05) is 13.7 Å². The Morgan fingerprint density at radius 3 is 2.59 bits per heavy atom. The molecule has 0 bridgehead atoms. The maximum absolute atomic E-state index is 14.1. The molecule has 3 atom stereocenters. The lowest BCUT2D eigenvalue weighted by Crippen LogP contribution is -2.44. The summed E-state index contributed by atoms with van der Waals surface area (Å²) in [4.78, 5) is 42.7. The summed E-state index contributed by atoms with van der Waals surface area (Å²) in [5.41, 5.74) is -0.275. The van der Waals surface area contributed by atoms with Gasteiger partial charge in [0, 0.05) is 25.3 Å². The Bertz CT molecular complexity index is 1630. The molecule has 2 saturated carbocycles. The lowest BCUT2D eigenvalue weighted by molar-refractivity contribution is -0.155. The van der Waals surface area contributed by atoms with Crippen LogP contribution >= 0.6 is 0 Å². The first-order valence-electron chi connectivity index (χ1n) is 14.8.